The van der Waals surface area contributed by atoms with Crippen LogP contribution in [0.25, 0.3) is 0 Å². The summed E-state index contributed by atoms with van der Waals surface area (Å²) in [6.45, 7) is 5.76. The van der Waals surface area contributed by atoms with Gasteiger partial charge in [-0.2, -0.15) is 5.10 Å². The maximum Gasteiger partial charge on any atom is 0.161 e. The first kappa shape index (κ1) is 13.0. The molecule has 0 bridgehead atoms. The molecular formula is C15H18N2O3. The van der Waals surface area contributed by atoms with E-state index in [0.717, 1.165) is 29.2 Å². The molecule has 1 unspecified atom stereocenters. The lowest BCUT2D eigenvalue weighted by Crippen LogP contribution is -2.16. The minimum absolute atomic E-state index is 0.540. The van der Waals surface area contributed by atoms with E-state index in [1.807, 2.05) is 42.8 Å². The Morgan fingerprint density at radius 1 is 1.25 bits per heavy atom. The standard InChI is InChI=1S/C15H18N2O3/c1-3-17-12(8-10(2)16-17)15(18)11-4-5-13-14(9-11)20-7-6-19-13/h4-5,8-9,15,18H,3,6-7H2,1-2H3. The van der Waals surface area contributed by atoms with Gasteiger partial charge in [0.1, 0.15) is 19.3 Å². The van der Waals surface area contributed by atoms with Crippen molar-refractivity contribution in [3.8, 4) is 11.5 Å². The van der Waals surface area contributed by atoms with Crippen LogP contribution in [0.4, 0.5) is 0 Å². The molecule has 106 valence electrons. The largest absolute Gasteiger partial charge is 0.486 e. The molecule has 0 amide bonds. The van der Waals surface area contributed by atoms with E-state index in [2.05, 4.69) is 5.10 Å². The number of aromatic nitrogens is 2. The first-order valence-electron chi connectivity index (χ1n) is 6.81. The summed E-state index contributed by atoms with van der Waals surface area (Å²) in [6, 6.07) is 7.44. The predicted octanol–water partition coefficient (Wildman–Crippen LogP) is 2.06. The van der Waals surface area contributed by atoms with Gasteiger partial charge >= 0.3 is 0 Å². The van der Waals surface area contributed by atoms with Crippen molar-refractivity contribution >= 4 is 0 Å². The zero-order valence-corrected chi connectivity index (χ0v) is 11.7. The van der Waals surface area contributed by atoms with E-state index in [9.17, 15) is 5.11 Å². The number of fused-ring (bicyclic) bond motifs is 1. The average molecular weight is 274 g/mol. The fourth-order valence-electron chi connectivity index (χ4n) is 2.44. The van der Waals surface area contributed by atoms with Crippen molar-refractivity contribution < 1.29 is 14.6 Å². The molecule has 1 N–H and O–H groups in total. The average Bonchev–Trinajstić information content (AvgIpc) is 2.87. The maximum absolute atomic E-state index is 10.6. The second kappa shape index (κ2) is 5.17. The summed E-state index contributed by atoms with van der Waals surface area (Å²) in [4.78, 5) is 0. The molecule has 1 atom stereocenters. The van der Waals surface area contributed by atoms with Crippen LogP contribution in [0, 0.1) is 6.92 Å². The van der Waals surface area contributed by atoms with E-state index in [1.165, 1.54) is 0 Å². The summed E-state index contributed by atoms with van der Waals surface area (Å²) in [5, 5.41) is 14.9. The van der Waals surface area contributed by atoms with Crippen LogP contribution < -0.4 is 9.47 Å². The minimum atomic E-state index is -0.716. The van der Waals surface area contributed by atoms with Gasteiger partial charge in [0.05, 0.1) is 11.4 Å². The number of benzene rings is 1. The van der Waals surface area contributed by atoms with Gasteiger partial charge in [-0.1, -0.05) is 6.07 Å². The van der Waals surface area contributed by atoms with Gasteiger partial charge in [0, 0.05) is 6.54 Å². The van der Waals surface area contributed by atoms with Crippen LogP contribution in [0.3, 0.4) is 0 Å². The zero-order chi connectivity index (χ0) is 14.1. The number of ether oxygens (including phenoxy) is 2. The van der Waals surface area contributed by atoms with Crippen molar-refractivity contribution in [2.75, 3.05) is 13.2 Å². The third-order valence-electron chi connectivity index (χ3n) is 3.39. The highest BCUT2D eigenvalue weighted by Gasteiger charge is 2.19. The van der Waals surface area contributed by atoms with E-state index in [-0.39, 0.29) is 0 Å². The summed E-state index contributed by atoms with van der Waals surface area (Å²) in [6.07, 6.45) is -0.716. The topological polar surface area (TPSA) is 56.5 Å². The lowest BCUT2D eigenvalue weighted by atomic mass is 10.1. The quantitative estimate of drug-likeness (QED) is 0.931. The molecule has 20 heavy (non-hydrogen) atoms. The minimum Gasteiger partial charge on any atom is -0.486 e. The summed E-state index contributed by atoms with van der Waals surface area (Å²) in [5.74, 6) is 1.42. The molecule has 0 aliphatic carbocycles. The van der Waals surface area contributed by atoms with Crippen molar-refractivity contribution in [2.45, 2.75) is 26.5 Å². The highest BCUT2D eigenvalue weighted by Crippen LogP contribution is 2.34. The molecule has 0 spiro atoms. The van der Waals surface area contributed by atoms with Crippen LogP contribution >= 0.6 is 0 Å². The molecule has 2 aromatic rings. The monoisotopic (exact) mass is 274 g/mol. The van der Waals surface area contributed by atoms with Gasteiger partial charge in [0.15, 0.2) is 11.5 Å². The molecule has 0 fully saturated rings. The Morgan fingerprint density at radius 2 is 2.00 bits per heavy atom. The number of rotatable bonds is 3. The number of hydrogen-bond acceptors (Lipinski definition) is 4. The highest BCUT2D eigenvalue weighted by molar-refractivity contribution is 5.45. The molecule has 0 saturated carbocycles. The van der Waals surface area contributed by atoms with E-state index in [1.54, 1.807) is 0 Å². The molecule has 1 aromatic heterocycles. The van der Waals surface area contributed by atoms with Crippen LogP contribution in [-0.2, 0) is 6.54 Å². The third-order valence-corrected chi connectivity index (χ3v) is 3.39. The Bertz CT molecular complexity index is 622. The van der Waals surface area contributed by atoms with E-state index >= 15 is 0 Å². The number of aliphatic hydroxyl groups is 1. The molecule has 1 aromatic carbocycles. The van der Waals surface area contributed by atoms with Gasteiger partial charge in [-0.15, -0.1) is 0 Å². The Labute approximate surface area is 117 Å². The zero-order valence-electron chi connectivity index (χ0n) is 11.7. The Kier molecular flexibility index (Phi) is 3.36. The molecule has 1 aliphatic heterocycles. The summed E-state index contributed by atoms with van der Waals surface area (Å²) < 4.78 is 12.9. The Hall–Kier alpha value is -2.01. The number of nitrogens with zero attached hydrogens (tertiary/aromatic N) is 2. The lowest BCUT2D eigenvalue weighted by molar-refractivity contribution is 0.169. The fourth-order valence-corrected chi connectivity index (χ4v) is 2.44. The third kappa shape index (κ3) is 2.25. The summed E-state index contributed by atoms with van der Waals surface area (Å²) in [7, 11) is 0. The number of aliphatic hydroxyl groups excluding tert-OH is 1. The van der Waals surface area contributed by atoms with E-state index in [0.29, 0.717) is 19.0 Å². The maximum atomic E-state index is 10.6. The molecule has 0 saturated heterocycles. The van der Waals surface area contributed by atoms with Crippen molar-refractivity contribution in [1.29, 1.82) is 0 Å². The SMILES string of the molecule is CCn1nc(C)cc1C(O)c1ccc2c(c1)OCCO2. The molecule has 5 nitrogen and oxygen atoms in total. The fraction of sp³-hybridized carbons (Fsp3) is 0.400. The van der Waals surface area contributed by atoms with Crippen molar-refractivity contribution in [2.24, 2.45) is 0 Å². The second-order valence-corrected chi connectivity index (χ2v) is 4.83. The number of hydrogen-bond donors (Lipinski definition) is 1. The van der Waals surface area contributed by atoms with Gasteiger partial charge < -0.3 is 14.6 Å². The van der Waals surface area contributed by atoms with Gasteiger partial charge in [-0.3, -0.25) is 4.68 Å². The van der Waals surface area contributed by atoms with Crippen LogP contribution in [-0.4, -0.2) is 28.1 Å². The number of aryl methyl sites for hydroxylation is 2. The smallest absolute Gasteiger partial charge is 0.161 e. The molecule has 5 heteroatoms. The molecule has 3 rings (SSSR count). The van der Waals surface area contributed by atoms with Crippen molar-refractivity contribution in [3.05, 3.63) is 41.2 Å². The predicted molar refractivity (Wildman–Crippen MR) is 74.1 cm³/mol. The first-order chi connectivity index (χ1) is 9.69. The van der Waals surface area contributed by atoms with Crippen LogP contribution in [0.1, 0.15) is 30.0 Å². The van der Waals surface area contributed by atoms with Gasteiger partial charge in [0.2, 0.25) is 0 Å². The van der Waals surface area contributed by atoms with Crippen molar-refractivity contribution in [3.63, 3.8) is 0 Å². The molecule has 1 aliphatic rings. The Morgan fingerprint density at radius 3 is 2.75 bits per heavy atom. The van der Waals surface area contributed by atoms with Crippen molar-refractivity contribution in [1.82, 2.24) is 9.78 Å². The van der Waals surface area contributed by atoms with Crippen LogP contribution in [0.5, 0.6) is 11.5 Å². The molecular weight excluding hydrogens is 256 g/mol. The molecule has 0 radical (unpaired) electrons. The van der Waals surface area contributed by atoms with Gasteiger partial charge in [0.25, 0.3) is 0 Å². The Balaban J connectivity index is 1.95. The van der Waals surface area contributed by atoms with E-state index < -0.39 is 6.10 Å². The van der Waals surface area contributed by atoms with Gasteiger partial charge in [-0.25, -0.2) is 0 Å². The first-order valence-corrected chi connectivity index (χ1v) is 6.81. The second-order valence-electron chi connectivity index (χ2n) is 4.83. The lowest BCUT2D eigenvalue weighted by Gasteiger charge is -2.20. The summed E-state index contributed by atoms with van der Waals surface area (Å²) in [5.41, 5.74) is 2.48. The summed E-state index contributed by atoms with van der Waals surface area (Å²) >= 11 is 0. The molecule has 2 heterocycles. The van der Waals surface area contributed by atoms with Crippen LogP contribution in [0.2, 0.25) is 0 Å². The van der Waals surface area contributed by atoms with Crippen LogP contribution in [0.15, 0.2) is 24.3 Å². The van der Waals surface area contributed by atoms with Gasteiger partial charge in [-0.05, 0) is 37.6 Å². The normalized spacial score (nSPS) is 15.2. The highest BCUT2D eigenvalue weighted by atomic mass is 16.6. The van der Waals surface area contributed by atoms with E-state index in [4.69, 9.17) is 9.47 Å².